The second-order valence-electron chi connectivity index (χ2n) is 6.63. The van der Waals surface area contributed by atoms with Gasteiger partial charge in [0.25, 0.3) is 0 Å². The van der Waals surface area contributed by atoms with Gasteiger partial charge in [0.2, 0.25) is 5.91 Å². The Morgan fingerprint density at radius 3 is 2.58 bits per heavy atom. The maximum Gasteiger partial charge on any atom is 0.230 e. The van der Waals surface area contributed by atoms with Crippen molar-refractivity contribution in [1.29, 1.82) is 0 Å². The third kappa shape index (κ3) is 3.34. The van der Waals surface area contributed by atoms with Gasteiger partial charge in [0, 0.05) is 0 Å². The second kappa shape index (κ2) is 6.78. The number of hydrogen-bond acceptors (Lipinski definition) is 5. The first-order chi connectivity index (χ1) is 12.5. The Bertz CT molecular complexity index is 1090. The van der Waals surface area contributed by atoms with Gasteiger partial charge in [-0.3, -0.25) is 4.79 Å². The number of carbonyl (C=O) groups is 1. The summed E-state index contributed by atoms with van der Waals surface area (Å²) in [5.74, 6) is 0.443. The molecule has 0 fully saturated rings. The Balaban J connectivity index is 1.52. The highest BCUT2D eigenvalue weighted by Gasteiger charge is 2.13. The Hall–Kier alpha value is -2.31. The molecule has 26 heavy (non-hydrogen) atoms. The highest BCUT2D eigenvalue weighted by Crippen LogP contribution is 2.34. The first-order valence-corrected chi connectivity index (χ1v) is 10.2. The van der Waals surface area contributed by atoms with Crippen LogP contribution in [0.4, 0.5) is 5.13 Å². The van der Waals surface area contributed by atoms with Gasteiger partial charge in [-0.25, -0.2) is 9.97 Å². The number of thiazole rings is 2. The second-order valence-corrected chi connectivity index (χ2v) is 8.87. The number of nitrogens with zero attached hydrogens (tertiary/aromatic N) is 2. The molecule has 0 saturated heterocycles. The molecule has 0 unspecified atom stereocenters. The first-order valence-electron chi connectivity index (χ1n) is 8.55. The number of hydrogen-bond donors (Lipinski definition) is 1. The summed E-state index contributed by atoms with van der Waals surface area (Å²) in [4.78, 5) is 21.5. The largest absolute Gasteiger partial charge is 0.302 e. The van der Waals surface area contributed by atoms with Crippen molar-refractivity contribution in [2.75, 3.05) is 5.32 Å². The van der Waals surface area contributed by atoms with E-state index in [1.807, 2.05) is 31.2 Å². The topological polar surface area (TPSA) is 54.9 Å². The van der Waals surface area contributed by atoms with Crippen LogP contribution in [0.5, 0.6) is 0 Å². The van der Waals surface area contributed by atoms with E-state index < -0.39 is 0 Å². The lowest BCUT2D eigenvalue weighted by Gasteiger charge is -2.06. The van der Waals surface area contributed by atoms with E-state index in [1.165, 1.54) is 16.9 Å². The number of rotatable bonds is 4. The van der Waals surface area contributed by atoms with Crippen molar-refractivity contribution in [2.24, 2.45) is 0 Å². The molecule has 4 aromatic rings. The molecule has 4 rings (SSSR count). The van der Waals surface area contributed by atoms with Crippen LogP contribution in [0, 0.1) is 6.92 Å². The van der Waals surface area contributed by atoms with Crippen molar-refractivity contribution in [3.8, 4) is 0 Å². The van der Waals surface area contributed by atoms with Gasteiger partial charge in [-0.05, 0) is 36.1 Å². The van der Waals surface area contributed by atoms with Crippen LogP contribution in [0.25, 0.3) is 20.4 Å². The van der Waals surface area contributed by atoms with E-state index in [1.54, 1.807) is 11.3 Å². The summed E-state index contributed by atoms with van der Waals surface area (Å²) in [6.07, 6.45) is 0.347. The molecule has 132 valence electrons. The molecule has 6 heteroatoms. The molecule has 0 aliphatic heterocycles. The third-order valence-electron chi connectivity index (χ3n) is 4.28. The fourth-order valence-electron chi connectivity index (χ4n) is 2.91. The number of amides is 1. The summed E-state index contributed by atoms with van der Waals surface area (Å²) in [7, 11) is 0. The number of aryl methyl sites for hydroxylation is 1. The van der Waals surface area contributed by atoms with Crippen molar-refractivity contribution in [2.45, 2.75) is 33.1 Å². The van der Waals surface area contributed by atoms with E-state index in [0.717, 1.165) is 31.0 Å². The summed E-state index contributed by atoms with van der Waals surface area (Å²) < 4.78 is 2.19. The van der Waals surface area contributed by atoms with Crippen molar-refractivity contribution < 1.29 is 4.79 Å². The van der Waals surface area contributed by atoms with Crippen LogP contribution in [-0.4, -0.2) is 15.9 Å². The lowest BCUT2D eigenvalue weighted by atomic mass is 10.0. The lowest BCUT2D eigenvalue weighted by Crippen LogP contribution is -2.14. The number of fused-ring (bicyclic) bond motifs is 3. The average Bonchev–Trinajstić information content (AvgIpc) is 3.16. The molecule has 0 atom stereocenters. The standard InChI is InChI=1S/C20H19N3OS2/c1-11(2)14-6-4-13(5-7-14)10-17(24)23-20-22-15-8-9-16-18(19(15)26-20)21-12(3)25-16/h4-9,11H,10H2,1-3H3,(H,22,23,24). The van der Waals surface area contributed by atoms with E-state index in [0.29, 0.717) is 17.5 Å². The molecule has 0 spiro atoms. The van der Waals surface area contributed by atoms with Gasteiger partial charge in [0.1, 0.15) is 5.52 Å². The van der Waals surface area contributed by atoms with Gasteiger partial charge in [-0.15, -0.1) is 11.3 Å². The van der Waals surface area contributed by atoms with E-state index in [9.17, 15) is 4.79 Å². The SMILES string of the molecule is Cc1nc2c(ccc3nc(NC(=O)Cc4ccc(C(C)C)cc4)sc32)s1. The summed E-state index contributed by atoms with van der Waals surface area (Å²) in [5.41, 5.74) is 4.14. The maximum atomic E-state index is 12.4. The number of aromatic nitrogens is 2. The molecular weight excluding hydrogens is 362 g/mol. The van der Waals surface area contributed by atoms with Crippen molar-refractivity contribution in [3.63, 3.8) is 0 Å². The zero-order valence-corrected chi connectivity index (χ0v) is 16.5. The number of nitrogens with one attached hydrogen (secondary N) is 1. The molecule has 2 heterocycles. The molecular formula is C20H19N3OS2. The molecule has 2 aromatic carbocycles. The Labute approximate surface area is 159 Å². The molecule has 0 bridgehead atoms. The van der Waals surface area contributed by atoms with Gasteiger partial charge >= 0.3 is 0 Å². The predicted molar refractivity (Wildman–Crippen MR) is 110 cm³/mol. The van der Waals surface area contributed by atoms with E-state index in [4.69, 9.17) is 0 Å². The van der Waals surface area contributed by atoms with Crippen LogP contribution >= 0.6 is 22.7 Å². The molecule has 2 aromatic heterocycles. The minimum Gasteiger partial charge on any atom is -0.302 e. The van der Waals surface area contributed by atoms with E-state index in [-0.39, 0.29) is 5.91 Å². The summed E-state index contributed by atoms with van der Waals surface area (Å²) in [6.45, 7) is 6.33. The van der Waals surface area contributed by atoms with Crippen LogP contribution in [-0.2, 0) is 11.2 Å². The zero-order valence-electron chi connectivity index (χ0n) is 14.9. The van der Waals surface area contributed by atoms with Gasteiger partial charge < -0.3 is 5.32 Å². The molecule has 0 saturated carbocycles. The van der Waals surface area contributed by atoms with Crippen LogP contribution < -0.4 is 5.32 Å². The quantitative estimate of drug-likeness (QED) is 0.506. The monoisotopic (exact) mass is 381 g/mol. The Kier molecular flexibility index (Phi) is 4.46. The number of carbonyl (C=O) groups excluding carboxylic acids is 1. The van der Waals surface area contributed by atoms with Gasteiger partial charge in [0.15, 0.2) is 5.13 Å². The fourth-order valence-corrected chi connectivity index (χ4v) is 4.78. The summed E-state index contributed by atoms with van der Waals surface area (Å²) in [5, 5.41) is 4.60. The summed E-state index contributed by atoms with van der Waals surface area (Å²) >= 11 is 3.16. The smallest absolute Gasteiger partial charge is 0.230 e. The van der Waals surface area contributed by atoms with Crippen molar-refractivity contribution in [3.05, 3.63) is 52.5 Å². The minimum absolute atomic E-state index is 0.0490. The number of anilines is 1. The molecule has 4 nitrogen and oxygen atoms in total. The van der Waals surface area contributed by atoms with Crippen LogP contribution in [0.1, 0.15) is 35.9 Å². The normalized spacial score (nSPS) is 11.5. The Morgan fingerprint density at radius 2 is 1.85 bits per heavy atom. The van der Waals surface area contributed by atoms with Crippen LogP contribution in [0.2, 0.25) is 0 Å². The molecule has 0 aliphatic carbocycles. The Morgan fingerprint density at radius 1 is 1.08 bits per heavy atom. The molecule has 0 aliphatic rings. The first kappa shape index (κ1) is 17.1. The maximum absolute atomic E-state index is 12.4. The third-order valence-corrected chi connectivity index (χ3v) is 6.21. The zero-order chi connectivity index (χ0) is 18.3. The van der Waals surface area contributed by atoms with Crippen molar-refractivity contribution >= 4 is 54.1 Å². The van der Waals surface area contributed by atoms with E-state index >= 15 is 0 Å². The van der Waals surface area contributed by atoms with Gasteiger partial charge in [-0.1, -0.05) is 49.4 Å². The molecule has 1 N–H and O–H groups in total. The highest BCUT2D eigenvalue weighted by atomic mass is 32.1. The number of benzene rings is 2. The molecule has 0 radical (unpaired) electrons. The molecule has 1 amide bonds. The highest BCUT2D eigenvalue weighted by molar-refractivity contribution is 7.24. The van der Waals surface area contributed by atoms with Gasteiger partial charge in [0.05, 0.1) is 26.3 Å². The summed E-state index contributed by atoms with van der Waals surface area (Å²) in [6, 6.07) is 12.3. The average molecular weight is 382 g/mol. The minimum atomic E-state index is -0.0490. The van der Waals surface area contributed by atoms with E-state index in [2.05, 4.69) is 41.3 Å². The van der Waals surface area contributed by atoms with Gasteiger partial charge in [-0.2, -0.15) is 0 Å². The predicted octanol–water partition coefficient (Wildman–Crippen LogP) is 5.52. The lowest BCUT2D eigenvalue weighted by molar-refractivity contribution is -0.115. The van der Waals surface area contributed by atoms with Crippen molar-refractivity contribution in [1.82, 2.24) is 9.97 Å². The van der Waals surface area contributed by atoms with Crippen LogP contribution in [0.15, 0.2) is 36.4 Å². The fraction of sp³-hybridized carbons (Fsp3) is 0.250. The van der Waals surface area contributed by atoms with Crippen LogP contribution in [0.3, 0.4) is 0 Å².